The maximum atomic E-state index is 11.9. The summed E-state index contributed by atoms with van der Waals surface area (Å²) in [4.78, 5) is 13.0. The molecule has 1 aliphatic heterocycles. The van der Waals surface area contributed by atoms with E-state index in [0.29, 0.717) is 0 Å². The van der Waals surface area contributed by atoms with Gasteiger partial charge in [-0.05, 0) is 23.6 Å². The Hall–Kier alpha value is -2.14. The van der Waals surface area contributed by atoms with E-state index in [1.165, 1.54) is 0 Å². The number of thiophene rings is 1. The minimum absolute atomic E-state index is 0.00343. The summed E-state index contributed by atoms with van der Waals surface area (Å²) in [5.41, 5.74) is 1.92. The van der Waals surface area contributed by atoms with E-state index < -0.39 is 0 Å². The van der Waals surface area contributed by atoms with Crippen LogP contribution in [0.25, 0.3) is 0 Å². The minimum Gasteiger partial charge on any atom is -0.497 e. The van der Waals surface area contributed by atoms with Crippen LogP contribution in [0.2, 0.25) is 0 Å². The second-order valence-electron chi connectivity index (χ2n) is 4.88. The van der Waals surface area contributed by atoms with Crippen molar-refractivity contribution >= 4 is 23.0 Å². The van der Waals surface area contributed by atoms with E-state index in [1.54, 1.807) is 30.4 Å². The highest BCUT2D eigenvalue weighted by molar-refractivity contribution is 7.10. The number of hydrogen-bond donors (Lipinski definition) is 0. The van der Waals surface area contributed by atoms with E-state index in [9.17, 15) is 4.79 Å². The predicted octanol–water partition coefficient (Wildman–Crippen LogP) is 3.45. The molecule has 3 rings (SSSR count). The summed E-state index contributed by atoms with van der Waals surface area (Å²) in [5.74, 6) is 0.760. The Morgan fingerprint density at radius 3 is 2.90 bits per heavy atom. The van der Waals surface area contributed by atoms with E-state index in [-0.39, 0.29) is 11.9 Å². The molecule has 1 amide bonds. The summed E-state index contributed by atoms with van der Waals surface area (Å²) >= 11 is 1.65. The fourth-order valence-corrected chi connectivity index (χ4v) is 3.29. The number of methoxy groups -OCH3 is 1. The van der Waals surface area contributed by atoms with Crippen molar-refractivity contribution in [3.8, 4) is 5.75 Å². The highest BCUT2D eigenvalue weighted by Gasteiger charge is 2.31. The summed E-state index contributed by atoms with van der Waals surface area (Å²) in [6.07, 6.45) is 0.729. The molecule has 0 spiro atoms. The third-order valence-electron chi connectivity index (χ3n) is 3.51. The highest BCUT2D eigenvalue weighted by Crippen LogP contribution is 2.35. The minimum atomic E-state index is -0.0358. The molecule has 4 nitrogen and oxygen atoms in total. The summed E-state index contributed by atoms with van der Waals surface area (Å²) in [5, 5.41) is 8.13. The van der Waals surface area contributed by atoms with Crippen molar-refractivity contribution in [2.24, 2.45) is 5.10 Å². The Labute approximate surface area is 127 Å². The SMILES string of the molecule is COc1cccc(C2=NN(C(C)=O)[C@H](c3cccs3)C2)c1. The summed E-state index contributed by atoms with van der Waals surface area (Å²) in [6, 6.07) is 11.8. The number of carbonyl (C=O) groups excluding carboxylic acids is 1. The summed E-state index contributed by atoms with van der Waals surface area (Å²) < 4.78 is 5.25. The van der Waals surface area contributed by atoms with E-state index in [2.05, 4.69) is 11.2 Å². The molecule has 1 aromatic heterocycles. The summed E-state index contributed by atoms with van der Waals surface area (Å²) in [7, 11) is 1.64. The second-order valence-corrected chi connectivity index (χ2v) is 5.86. The number of rotatable bonds is 3. The van der Waals surface area contributed by atoms with Crippen LogP contribution in [0.3, 0.4) is 0 Å². The molecule has 0 saturated carbocycles. The Morgan fingerprint density at radius 1 is 1.38 bits per heavy atom. The van der Waals surface area contributed by atoms with Crippen molar-refractivity contribution in [3.05, 3.63) is 52.2 Å². The number of amides is 1. The van der Waals surface area contributed by atoms with E-state index in [4.69, 9.17) is 4.74 Å². The van der Waals surface area contributed by atoms with E-state index in [0.717, 1.165) is 28.3 Å². The van der Waals surface area contributed by atoms with Crippen molar-refractivity contribution < 1.29 is 9.53 Å². The van der Waals surface area contributed by atoms with Gasteiger partial charge in [0.25, 0.3) is 0 Å². The molecule has 2 aromatic rings. The molecule has 0 unspecified atom stereocenters. The van der Waals surface area contributed by atoms with Gasteiger partial charge >= 0.3 is 0 Å². The molecular weight excluding hydrogens is 284 g/mol. The molecule has 1 aromatic carbocycles. The highest BCUT2D eigenvalue weighted by atomic mass is 32.1. The Morgan fingerprint density at radius 2 is 2.24 bits per heavy atom. The van der Waals surface area contributed by atoms with Gasteiger partial charge in [0.15, 0.2) is 0 Å². The number of nitrogens with zero attached hydrogens (tertiary/aromatic N) is 2. The lowest BCUT2D eigenvalue weighted by molar-refractivity contribution is -0.130. The van der Waals surface area contributed by atoms with Crippen LogP contribution >= 0.6 is 11.3 Å². The molecule has 21 heavy (non-hydrogen) atoms. The molecule has 0 N–H and O–H groups in total. The first-order valence-corrected chi connectivity index (χ1v) is 7.62. The van der Waals surface area contributed by atoms with Crippen LogP contribution in [-0.4, -0.2) is 23.7 Å². The number of carbonyl (C=O) groups is 1. The van der Waals surface area contributed by atoms with Crippen LogP contribution in [0.15, 0.2) is 46.9 Å². The first-order valence-electron chi connectivity index (χ1n) is 6.74. The lowest BCUT2D eigenvalue weighted by Crippen LogP contribution is -2.23. The van der Waals surface area contributed by atoms with Crippen LogP contribution in [-0.2, 0) is 4.79 Å². The fourth-order valence-electron chi connectivity index (χ4n) is 2.48. The first kappa shape index (κ1) is 13.8. The average Bonchev–Trinajstić information content (AvgIpc) is 3.16. The molecule has 1 aliphatic rings. The van der Waals surface area contributed by atoms with Crippen LogP contribution in [0.5, 0.6) is 5.75 Å². The predicted molar refractivity (Wildman–Crippen MR) is 83.7 cm³/mol. The molecular formula is C16H16N2O2S. The van der Waals surface area contributed by atoms with Crippen molar-refractivity contribution in [1.29, 1.82) is 0 Å². The topological polar surface area (TPSA) is 41.9 Å². The summed E-state index contributed by atoms with van der Waals surface area (Å²) in [6.45, 7) is 1.55. The zero-order valence-corrected chi connectivity index (χ0v) is 12.8. The molecule has 1 atom stereocenters. The molecule has 0 aliphatic carbocycles. The molecule has 0 radical (unpaired) electrons. The molecule has 108 valence electrons. The third kappa shape index (κ3) is 2.69. The van der Waals surface area contributed by atoms with Crippen LogP contribution in [0, 0.1) is 0 Å². The van der Waals surface area contributed by atoms with Gasteiger partial charge in [0, 0.05) is 23.8 Å². The average molecular weight is 300 g/mol. The van der Waals surface area contributed by atoms with Crippen molar-refractivity contribution in [3.63, 3.8) is 0 Å². The standard InChI is InChI=1S/C16H16N2O2S/c1-11(19)18-15(16-7-4-8-21-16)10-14(17-18)12-5-3-6-13(9-12)20-2/h3-9,15H,10H2,1-2H3/t15-/m0/s1. The zero-order valence-electron chi connectivity index (χ0n) is 11.9. The quantitative estimate of drug-likeness (QED) is 0.871. The van der Waals surface area contributed by atoms with Gasteiger partial charge in [-0.3, -0.25) is 4.79 Å². The number of benzene rings is 1. The van der Waals surface area contributed by atoms with Crippen LogP contribution in [0.4, 0.5) is 0 Å². The Kier molecular flexibility index (Phi) is 3.75. The Bertz CT molecular complexity index is 679. The van der Waals surface area contributed by atoms with Gasteiger partial charge in [-0.25, -0.2) is 5.01 Å². The van der Waals surface area contributed by atoms with Crippen LogP contribution < -0.4 is 4.74 Å². The van der Waals surface area contributed by atoms with Crippen LogP contribution in [0.1, 0.15) is 29.8 Å². The van der Waals surface area contributed by atoms with Gasteiger partial charge < -0.3 is 4.74 Å². The lowest BCUT2D eigenvalue weighted by Gasteiger charge is -2.18. The smallest absolute Gasteiger partial charge is 0.240 e. The van der Waals surface area contributed by atoms with Gasteiger partial charge in [0.2, 0.25) is 5.91 Å². The number of hydrazone groups is 1. The number of hydrogen-bond acceptors (Lipinski definition) is 4. The normalized spacial score (nSPS) is 17.7. The van der Waals surface area contributed by atoms with Gasteiger partial charge in [-0.1, -0.05) is 18.2 Å². The first-order chi connectivity index (χ1) is 10.2. The van der Waals surface area contributed by atoms with Gasteiger partial charge in [-0.15, -0.1) is 11.3 Å². The second kappa shape index (κ2) is 5.69. The van der Waals surface area contributed by atoms with E-state index in [1.807, 2.05) is 35.7 Å². The monoisotopic (exact) mass is 300 g/mol. The Balaban J connectivity index is 1.93. The zero-order chi connectivity index (χ0) is 14.8. The maximum Gasteiger partial charge on any atom is 0.240 e. The molecule has 0 fully saturated rings. The van der Waals surface area contributed by atoms with Crippen molar-refractivity contribution in [2.75, 3.05) is 7.11 Å². The van der Waals surface area contributed by atoms with Gasteiger partial charge in [0.05, 0.1) is 18.9 Å². The van der Waals surface area contributed by atoms with Crippen molar-refractivity contribution in [2.45, 2.75) is 19.4 Å². The fraction of sp³-hybridized carbons (Fsp3) is 0.250. The lowest BCUT2D eigenvalue weighted by atomic mass is 10.0. The van der Waals surface area contributed by atoms with E-state index >= 15 is 0 Å². The third-order valence-corrected chi connectivity index (χ3v) is 4.48. The molecule has 5 heteroatoms. The van der Waals surface area contributed by atoms with Crippen molar-refractivity contribution in [1.82, 2.24) is 5.01 Å². The maximum absolute atomic E-state index is 11.9. The largest absolute Gasteiger partial charge is 0.497 e. The molecule has 2 heterocycles. The molecule has 0 saturated heterocycles. The number of ether oxygens (including phenoxy) is 1. The van der Waals surface area contributed by atoms with Gasteiger partial charge in [0.1, 0.15) is 5.75 Å². The molecule has 0 bridgehead atoms. The van der Waals surface area contributed by atoms with Gasteiger partial charge in [-0.2, -0.15) is 5.10 Å².